The van der Waals surface area contributed by atoms with E-state index < -0.39 is 0 Å². The quantitative estimate of drug-likeness (QED) is 0.160. The van der Waals surface area contributed by atoms with Crippen LogP contribution in [0.2, 0.25) is 0 Å². The summed E-state index contributed by atoms with van der Waals surface area (Å²) in [6.07, 6.45) is 0. The Morgan fingerprint density at radius 2 is 0.440 bits per heavy atom. The molecule has 0 bridgehead atoms. The van der Waals surface area contributed by atoms with Crippen molar-refractivity contribution in [3.05, 3.63) is 206 Å². The van der Waals surface area contributed by atoms with Gasteiger partial charge in [-0.2, -0.15) is 0 Å². The first-order valence-electron chi connectivity index (χ1n) is 17.3. The zero-order chi connectivity index (χ0) is 33.3. The lowest BCUT2D eigenvalue weighted by Crippen LogP contribution is -1.93. The number of fused-ring (bicyclic) bond motifs is 2. The van der Waals surface area contributed by atoms with Crippen molar-refractivity contribution in [1.29, 1.82) is 0 Å². The first-order valence-corrected chi connectivity index (χ1v) is 17.3. The predicted molar refractivity (Wildman–Crippen MR) is 214 cm³/mol. The fraction of sp³-hybridized carbons (Fsp3) is 0. The van der Waals surface area contributed by atoms with Crippen molar-refractivity contribution < 1.29 is 0 Å². The molecule has 50 heavy (non-hydrogen) atoms. The standard InChI is InChI=1S/C50H34/c1-5-17-35(18-6-1)41-31-29-39(33-47(41)37-21-9-3-10-22-37)49-43-25-13-15-27-45(43)50(46-28-16-14-26-44(46)49)40-30-32-42(36-19-7-2-8-20-36)48(34-40)38-23-11-4-12-24-38/h1-34H. The third kappa shape index (κ3) is 5.28. The van der Waals surface area contributed by atoms with Gasteiger partial charge in [-0.3, -0.25) is 0 Å². The number of benzene rings is 9. The third-order valence-corrected chi connectivity index (χ3v) is 9.89. The Morgan fingerprint density at radius 1 is 0.180 bits per heavy atom. The van der Waals surface area contributed by atoms with Crippen LogP contribution in [-0.4, -0.2) is 0 Å². The number of hydrogen-bond donors (Lipinski definition) is 0. The lowest BCUT2D eigenvalue weighted by Gasteiger charge is -2.20. The molecule has 0 N–H and O–H groups in total. The van der Waals surface area contributed by atoms with Gasteiger partial charge in [0, 0.05) is 0 Å². The third-order valence-electron chi connectivity index (χ3n) is 9.89. The second kappa shape index (κ2) is 12.8. The van der Waals surface area contributed by atoms with Crippen LogP contribution < -0.4 is 0 Å². The molecule has 0 saturated carbocycles. The van der Waals surface area contributed by atoms with Gasteiger partial charge in [0.15, 0.2) is 0 Å². The Morgan fingerprint density at radius 3 is 0.740 bits per heavy atom. The molecule has 0 saturated heterocycles. The maximum atomic E-state index is 2.40. The van der Waals surface area contributed by atoms with Gasteiger partial charge in [0.1, 0.15) is 0 Å². The van der Waals surface area contributed by atoms with E-state index >= 15 is 0 Å². The molecular weight excluding hydrogens is 601 g/mol. The van der Waals surface area contributed by atoms with E-state index in [9.17, 15) is 0 Å². The molecule has 0 radical (unpaired) electrons. The average Bonchev–Trinajstić information content (AvgIpc) is 3.21. The second-order valence-corrected chi connectivity index (χ2v) is 12.8. The van der Waals surface area contributed by atoms with E-state index in [4.69, 9.17) is 0 Å². The predicted octanol–water partition coefficient (Wildman–Crippen LogP) is 14.0. The Balaban J connectivity index is 1.31. The molecule has 9 aromatic carbocycles. The molecular formula is C50H34. The van der Waals surface area contributed by atoms with Crippen LogP contribution in [0.25, 0.3) is 88.3 Å². The fourth-order valence-corrected chi connectivity index (χ4v) is 7.60. The van der Waals surface area contributed by atoms with Gasteiger partial charge in [0.05, 0.1) is 0 Å². The van der Waals surface area contributed by atoms with Gasteiger partial charge >= 0.3 is 0 Å². The van der Waals surface area contributed by atoms with Gasteiger partial charge in [-0.05, 0) is 100 Å². The van der Waals surface area contributed by atoms with E-state index in [1.807, 2.05) is 0 Å². The van der Waals surface area contributed by atoms with Crippen molar-refractivity contribution in [3.8, 4) is 66.8 Å². The molecule has 0 spiro atoms. The number of hydrogen-bond acceptors (Lipinski definition) is 0. The van der Waals surface area contributed by atoms with Crippen LogP contribution in [0.5, 0.6) is 0 Å². The normalized spacial score (nSPS) is 11.2. The molecule has 0 heterocycles. The van der Waals surface area contributed by atoms with Crippen molar-refractivity contribution in [2.75, 3.05) is 0 Å². The molecule has 0 amide bonds. The zero-order valence-corrected chi connectivity index (χ0v) is 27.6. The van der Waals surface area contributed by atoms with Gasteiger partial charge in [-0.1, -0.05) is 194 Å². The summed E-state index contributed by atoms with van der Waals surface area (Å²) in [4.78, 5) is 0. The highest BCUT2D eigenvalue weighted by Gasteiger charge is 2.19. The summed E-state index contributed by atoms with van der Waals surface area (Å²) in [5.74, 6) is 0. The minimum atomic E-state index is 1.21. The molecule has 9 aromatic rings. The van der Waals surface area contributed by atoms with Crippen LogP contribution in [0.4, 0.5) is 0 Å². The highest BCUT2D eigenvalue weighted by atomic mass is 14.2. The summed E-state index contributed by atoms with van der Waals surface area (Å²) in [5.41, 5.74) is 14.8. The molecule has 0 aliphatic carbocycles. The summed E-state index contributed by atoms with van der Waals surface area (Å²) in [6.45, 7) is 0. The first-order chi connectivity index (χ1) is 24.8. The van der Waals surface area contributed by atoms with E-state index in [0.29, 0.717) is 0 Å². The average molecular weight is 635 g/mol. The van der Waals surface area contributed by atoms with Crippen molar-refractivity contribution in [2.45, 2.75) is 0 Å². The topological polar surface area (TPSA) is 0 Å². The molecule has 0 aliphatic rings. The van der Waals surface area contributed by atoms with Gasteiger partial charge in [-0.25, -0.2) is 0 Å². The van der Waals surface area contributed by atoms with Gasteiger partial charge in [0.25, 0.3) is 0 Å². The van der Waals surface area contributed by atoms with Crippen molar-refractivity contribution in [3.63, 3.8) is 0 Å². The Kier molecular flexibility index (Phi) is 7.61. The Bertz CT molecular complexity index is 2360. The minimum Gasteiger partial charge on any atom is -0.0622 e. The Labute approximate surface area is 293 Å². The molecule has 0 aliphatic heterocycles. The van der Waals surface area contributed by atoms with E-state index in [2.05, 4.69) is 206 Å². The van der Waals surface area contributed by atoms with Gasteiger partial charge in [-0.15, -0.1) is 0 Å². The summed E-state index contributed by atoms with van der Waals surface area (Å²) in [5, 5.41) is 5.00. The maximum Gasteiger partial charge on any atom is -0.00261 e. The first kappa shape index (κ1) is 29.6. The van der Waals surface area contributed by atoms with Crippen molar-refractivity contribution in [1.82, 2.24) is 0 Å². The van der Waals surface area contributed by atoms with Crippen molar-refractivity contribution >= 4 is 21.5 Å². The fourth-order valence-electron chi connectivity index (χ4n) is 7.60. The van der Waals surface area contributed by atoms with Crippen LogP contribution in [-0.2, 0) is 0 Å². The molecule has 9 rings (SSSR count). The SMILES string of the molecule is c1ccc(-c2ccc(-c3c4ccccc4c(-c4ccc(-c5ccccc5)c(-c5ccccc5)c4)c4ccccc34)cc2-c2ccccc2)cc1. The maximum absolute atomic E-state index is 2.40. The lowest BCUT2D eigenvalue weighted by molar-refractivity contribution is 1.57. The van der Waals surface area contributed by atoms with Crippen LogP contribution >= 0.6 is 0 Å². The summed E-state index contributed by atoms with van der Waals surface area (Å²) < 4.78 is 0. The molecule has 0 aromatic heterocycles. The van der Waals surface area contributed by atoms with Gasteiger partial charge < -0.3 is 0 Å². The van der Waals surface area contributed by atoms with Crippen LogP contribution in [0.3, 0.4) is 0 Å². The summed E-state index contributed by atoms with van der Waals surface area (Å²) >= 11 is 0. The minimum absolute atomic E-state index is 1.21. The summed E-state index contributed by atoms with van der Waals surface area (Å²) in [6, 6.07) is 74.9. The Hall–Kier alpha value is -6.50. The molecule has 0 fully saturated rings. The molecule has 0 atom stereocenters. The van der Waals surface area contributed by atoms with E-state index in [1.165, 1.54) is 88.3 Å². The highest BCUT2D eigenvalue weighted by Crippen LogP contribution is 2.46. The molecule has 234 valence electrons. The summed E-state index contributed by atoms with van der Waals surface area (Å²) in [7, 11) is 0. The van der Waals surface area contributed by atoms with E-state index in [1.54, 1.807) is 0 Å². The van der Waals surface area contributed by atoms with Gasteiger partial charge in [0.2, 0.25) is 0 Å². The van der Waals surface area contributed by atoms with E-state index in [-0.39, 0.29) is 0 Å². The van der Waals surface area contributed by atoms with Crippen LogP contribution in [0.15, 0.2) is 206 Å². The molecule has 0 nitrogen and oxygen atoms in total. The smallest absolute Gasteiger partial charge is 0.00261 e. The molecule has 0 unspecified atom stereocenters. The largest absolute Gasteiger partial charge is 0.0622 e. The number of rotatable bonds is 6. The second-order valence-electron chi connectivity index (χ2n) is 12.8. The van der Waals surface area contributed by atoms with Crippen LogP contribution in [0.1, 0.15) is 0 Å². The van der Waals surface area contributed by atoms with Crippen molar-refractivity contribution in [2.24, 2.45) is 0 Å². The lowest BCUT2D eigenvalue weighted by atomic mass is 9.83. The van der Waals surface area contributed by atoms with E-state index in [0.717, 1.165) is 0 Å². The highest BCUT2D eigenvalue weighted by molar-refractivity contribution is 6.22. The molecule has 0 heteroatoms. The monoisotopic (exact) mass is 634 g/mol. The van der Waals surface area contributed by atoms with Crippen LogP contribution in [0, 0.1) is 0 Å². The zero-order valence-electron chi connectivity index (χ0n) is 27.6.